The molecule has 0 N–H and O–H groups in total. The summed E-state index contributed by atoms with van der Waals surface area (Å²) in [6.07, 6.45) is 4.29. The van der Waals surface area contributed by atoms with Gasteiger partial charge in [0.2, 0.25) is 9.97 Å². The molecular formula is C16H15N5OS. The van der Waals surface area contributed by atoms with Crippen molar-refractivity contribution in [2.45, 2.75) is 31.6 Å². The summed E-state index contributed by atoms with van der Waals surface area (Å²) in [7, 11) is 0. The molecular weight excluding hydrogens is 310 g/mol. The Bertz CT molecular complexity index is 910. The number of carbonyl (C=O) groups is 1. The van der Waals surface area contributed by atoms with Crippen LogP contribution in [0.4, 0.5) is 5.69 Å². The minimum absolute atomic E-state index is 0.0330. The Morgan fingerprint density at radius 1 is 1.22 bits per heavy atom. The fourth-order valence-corrected chi connectivity index (χ4v) is 3.97. The first-order valence-electron chi connectivity index (χ1n) is 7.93. The quantitative estimate of drug-likeness (QED) is 0.726. The molecule has 0 atom stereocenters. The van der Waals surface area contributed by atoms with Crippen LogP contribution in [-0.4, -0.2) is 32.3 Å². The fraction of sp³-hybridized carbons (Fsp3) is 0.375. The van der Waals surface area contributed by atoms with Gasteiger partial charge in [-0.25, -0.2) is 0 Å². The van der Waals surface area contributed by atoms with Gasteiger partial charge < -0.3 is 4.90 Å². The van der Waals surface area contributed by atoms with Crippen molar-refractivity contribution < 1.29 is 4.79 Å². The Labute approximate surface area is 136 Å². The summed E-state index contributed by atoms with van der Waals surface area (Å²) in [4.78, 5) is 15.5. The van der Waals surface area contributed by atoms with Gasteiger partial charge in [-0.2, -0.15) is 4.52 Å². The van der Waals surface area contributed by atoms with E-state index in [9.17, 15) is 4.79 Å². The molecule has 1 fully saturated rings. The number of hydrogen-bond acceptors (Lipinski definition) is 5. The average Bonchev–Trinajstić information content (AvgIpc) is 3.21. The summed E-state index contributed by atoms with van der Waals surface area (Å²) in [6, 6.07) is 8.12. The first-order valence-corrected chi connectivity index (χ1v) is 8.75. The number of para-hydroxylation sites is 1. The van der Waals surface area contributed by atoms with Crippen molar-refractivity contribution in [3.05, 3.63) is 40.7 Å². The normalized spacial score (nSPS) is 17.5. The zero-order valence-corrected chi connectivity index (χ0v) is 13.3. The number of aromatic nitrogens is 4. The Kier molecular flexibility index (Phi) is 2.78. The van der Waals surface area contributed by atoms with Gasteiger partial charge in [-0.1, -0.05) is 29.5 Å². The van der Waals surface area contributed by atoms with E-state index in [2.05, 4.69) is 21.4 Å². The topological polar surface area (TPSA) is 63.4 Å². The van der Waals surface area contributed by atoms with Crippen LogP contribution in [0.25, 0.3) is 4.96 Å². The molecule has 1 aliphatic heterocycles. The Morgan fingerprint density at radius 3 is 2.96 bits per heavy atom. The number of fused-ring (bicyclic) bond motifs is 2. The van der Waals surface area contributed by atoms with Crippen molar-refractivity contribution in [2.75, 3.05) is 11.4 Å². The van der Waals surface area contributed by atoms with Crippen LogP contribution in [0.2, 0.25) is 0 Å². The van der Waals surface area contributed by atoms with Crippen molar-refractivity contribution in [1.29, 1.82) is 0 Å². The van der Waals surface area contributed by atoms with E-state index < -0.39 is 0 Å². The van der Waals surface area contributed by atoms with E-state index in [0.29, 0.717) is 15.9 Å². The highest BCUT2D eigenvalue weighted by molar-refractivity contribution is 7.18. The predicted octanol–water partition coefficient (Wildman–Crippen LogP) is 2.66. The molecule has 3 heterocycles. The van der Waals surface area contributed by atoms with Gasteiger partial charge in [0.05, 0.1) is 0 Å². The molecule has 5 rings (SSSR count). The molecule has 7 heteroatoms. The SMILES string of the molecule is O=C(c1nn2c(C3CC3)nnc2s1)N1CCCc2ccccc21. The molecule has 1 amide bonds. The average molecular weight is 325 g/mol. The third kappa shape index (κ3) is 2.07. The van der Waals surface area contributed by atoms with Crippen LogP contribution in [0.1, 0.15) is 46.4 Å². The maximum Gasteiger partial charge on any atom is 0.289 e. The van der Waals surface area contributed by atoms with Crippen molar-refractivity contribution in [1.82, 2.24) is 19.8 Å². The largest absolute Gasteiger partial charge is 0.306 e. The zero-order chi connectivity index (χ0) is 15.4. The fourth-order valence-electron chi connectivity index (χ4n) is 3.17. The second-order valence-electron chi connectivity index (χ2n) is 6.12. The number of anilines is 1. The first kappa shape index (κ1) is 13.2. The summed E-state index contributed by atoms with van der Waals surface area (Å²) in [5, 5.41) is 13.4. The van der Waals surface area contributed by atoms with Gasteiger partial charge >= 0.3 is 0 Å². The van der Waals surface area contributed by atoms with Crippen molar-refractivity contribution in [2.24, 2.45) is 0 Å². The highest BCUT2D eigenvalue weighted by Gasteiger charge is 2.32. The van der Waals surface area contributed by atoms with Gasteiger partial charge in [0.15, 0.2) is 5.82 Å². The van der Waals surface area contributed by atoms with Crippen molar-refractivity contribution >= 4 is 27.9 Å². The molecule has 0 bridgehead atoms. The summed E-state index contributed by atoms with van der Waals surface area (Å²) >= 11 is 1.33. The predicted molar refractivity (Wildman–Crippen MR) is 87.1 cm³/mol. The van der Waals surface area contributed by atoms with Gasteiger partial charge in [-0.05, 0) is 37.3 Å². The van der Waals surface area contributed by atoms with E-state index >= 15 is 0 Å². The van der Waals surface area contributed by atoms with Crippen LogP contribution < -0.4 is 4.90 Å². The third-order valence-electron chi connectivity index (χ3n) is 4.50. The molecule has 2 aliphatic rings. The second-order valence-corrected chi connectivity index (χ2v) is 7.08. The summed E-state index contributed by atoms with van der Waals surface area (Å²) in [5.41, 5.74) is 2.24. The van der Waals surface area contributed by atoms with Crippen LogP contribution in [0, 0.1) is 0 Å². The molecule has 0 spiro atoms. The molecule has 23 heavy (non-hydrogen) atoms. The van der Waals surface area contributed by atoms with E-state index in [0.717, 1.165) is 43.7 Å². The maximum absolute atomic E-state index is 12.9. The molecule has 1 saturated carbocycles. The van der Waals surface area contributed by atoms with E-state index in [1.807, 2.05) is 23.1 Å². The molecule has 3 aromatic rings. The standard InChI is InChI=1S/C16H15N5OS/c22-15(20-9-3-5-10-4-1-2-6-12(10)20)14-19-21-13(11-7-8-11)17-18-16(21)23-14/h1-2,4,6,11H,3,5,7-9H2. The first-order chi connectivity index (χ1) is 11.3. The highest BCUT2D eigenvalue weighted by atomic mass is 32.1. The second kappa shape index (κ2) is 4.86. The number of nitrogens with zero attached hydrogens (tertiary/aromatic N) is 5. The Morgan fingerprint density at radius 2 is 2.09 bits per heavy atom. The van der Waals surface area contributed by atoms with Crippen LogP contribution in [0.3, 0.4) is 0 Å². The monoisotopic (exact) mass is 325 g/mol. The van der Waals surface area contributed by atoms with Gasteiger partial charge in [-0.15, -0.1) is 15.3 Å². The molecule has 0 radical (unpaired) electrons. The van der Waals surface area contributed by atoms with Gasteiger partial charge in [-0.3, -0.25) is 4.79 Å². The Hall–Kier alpha value is -2.28. The Balaban J connectivity index is 1.53. The summed E-state index contributed by atoms with van der Waals surface area (Å²) < 4.78 is 1.76. The van der Waals surface area contributed by atoms with E-state index in [4.69, 9.17) is 0 Å². The smallest absolute Gasteiger partial charge is 0.289 e. The molecule has 2 aromatic heterocycles. The zero-order valence-electron chi connectivity index (χ0n) is 12.5. The van der Waals surface area contributed by atoms with Gasteiger partial charge in [0.1, 0.15) is 0 Å². The number of carbonyl (C=O) groups excluding carboxylic acids is 1. The lowest BCUT2D eigenvalue weighted by Gasteiger charge is -2.28. The minimum Gasteiger partial charge on any atom is -0.306 e. The molecule has 6 nitrogen and oxygen atoms in total. The van der Waals surface area contributed by atoms with E-state index in [-0.39, 0.29) is 5.91 Å². The van der Waals surface area contributed by atoms with Crippen LogP contribution in [-0.2, 0) is 6.42 Å². The van der Waals surface area contributed by atoms with E-state index in [1.165, 1.54) is 16.9 Å². The molecule has 1 aliphatic carbocycles. The van der Waals surface area contributed by atoms with Gasteiger partial charge in [0, 0.05) is 18.2 Å². The molecule has 0 saturated heterocycles. The van der Waals surface area contributed by atoms with Crippen LogP contribution >= 0.6 is 11.3 Å². The van der Waals surface area contributed by atoms with Crippen LogP contribution in [0.15, 0.2) is 24.3 Å². The number of aryl methyl sites for hydroxylation is 1. The summed E-state index contributed by atoms with van der Waals surface area (Å²) in [5.74, 6) is 1.33. The number of hydrogen-bond donors (Lipinski definition) is 0. The number of rotatable bonds is 2. The number of benzene rings is 1. The van der Waals surface area contributed by atoms with Crippen molar-refractivity contribution in [3.8, 4) is 0 Å². The van der Waals surface area contributed by atoms with E-state index in [1.54, 1.807) is 4.52 Å². The maximum atomic E-state index is 12.9. The van der Waals surface area contributed by atoms with Gasteiger partial charge in [0.25, 0.3) is 5.91 Å². The summed E-state index contributed by atoms with van der Waals surface area (Å²) in [6.45, 7) is 0.742. The third-order valence-corrected chi connectivity index (χ3v) is 5.38. The lowest BCUT2D eigenvalue weighted by Crippen LogP contribution is -2.35. The lowest BCUT2D eigenvalue weighted by atomic mass is 10.0. The minimum atomic E-state index is -0.0330. The van der Waals surface area contributed by atoms with Crippen molar-refractivity contribution in [3.63, 3.8) is 0 Å². The van der Waals surface area contributed by atoms with Crippen LogP contribution in [0.5, 0.6) is 0 Å². The molecule has 116 valence electrons. The number of amides is 1. The highest BCUT2D eigenvalue weighted by Crippen LogP contribution is 2.39. The lowest BCUT2D eigenvalue weighted by molar-refractivity contribution is 0.0983. The molecule has 1 aromatic carbocycles. The molecule has 0 unspecified atom stereocenters.